The minimum absolute atomic E-state index is 0. The number of piperazine rings is 1. The molecule has 0 spiro atoms. The highest BCUT2D eigenvalue weighted by Gasteiger charge is 2.18. The first kappa shape index (κ1) is 21.7. The van der Waals surface area contributed by atoms with Crippen LogP contribution in [0, 0.1) is 17.1 Å². The lowest BCUT2D eigenvalue weighted by Gasteiger charge is -2.36. The van der Waals surface area contributed by atoms with Gasteiger partial charge in [0.15, 0.2) is 11.8 Å². The number of benzene rings is 1. The Labute approximate surface area is 180 Å². The van der Waals surface area contributed by atoms with Gasteiger partial charge in [0.2, 0.25) is 0 Å². The van der Waals surface area contributed by atoms with Crippen LogP contribution in [0.25, 0.3) is 0 Å². The Morgan fingerprint density at radius 3 is 2.57 bits per heavy atom. The molecule has 150 valence electrons. The molecule has 2 aromatic rings. The molecule has 1 fully saturated rings. The van der Waals surface area contributed by atoms with Crippen LogP contribution in [0.3, 0.4) is 0 Å². The van der Waals surface area contributed by atoms with Crippen LogP contribution in [-0.4, -0.2) is 53.8 Å². The van der Waals surface area contributed by atoms with Gasteiger partial charge in [-0.05, 0) is 37.1 Å². The first-order valence-electron chi connectivity index (χ1n) is 8.86. The molecule has 0 amide bonds. The number of nitriles is 1. The summed E-state index contributed by atoms with van der Waals surface area (Å²) in [7, 11) is 0. The molecule has 5 N–H and O–H groups in total. The Balaban J connectivity index is 0.00000280. The number of nitrogens with one attached hydrogen (secondary N) is 1. The molecular weight excluding hydrogens is 474 g/mol. The molecule has 28 heavy (non-hydrogen) atoms. The van der Waals surface area contributed by atoms with Crippen LogP contribution in [0.5, 0.6) is 0 Å². The van der Waals surface area contributed by atoms with Gasteiger partial charge < -0.3 is 21.3 Å². The van der Waals surface area contributed by atoms with E-state index in [2.05, 4.69) is 31.1 Å². The molecule has 0 unspecified atom stereocenters. The highest BCUT2D eigenvalue weighted by Crippen LogP contribution is 2.17. The van der Waals surface area contributed by atoms with E-state index in [1.54, 1.807) is 12.1 Å². The third-order valence-electron chi connectivity index (χ3n) is 4.64. The van der Waals surface area contributed by atoms with E-state index in [4.69, 9.17) is 16.7 Å². The molecule has 0 aliphatic carbocycles. The normalized spacial score (nSPS) is 14.5. The largest absolute Gasteiger partial charge is 0.381 e. The summed E-state index contributed by atoms with van der Waals surface area (Å²) >= 11 is 0. The summed E-state index contributed by atoms with van der Waals surface area (Å²) in [4.78, 5) is 8.69. The lowest BCUT2D eigenvalue weighted by atomic mass is 10.1. The zero-order chi connectivity index (χ0) is 19.2. The van der Waals surface area contributed by atoms with E-state index < -0.39 is 0 Å². The SMILES string of the molecule is I.N#Cc1c(N)n[nH]c1CCCN=C(N)N1CCN(c2ccc(F)cc2)CC1. The summed E-state index contributed by atoms with van der Waals surface area (Å²) in [5.74, 6) is 0.529. The topological polar surface area (TPSA) is 123 Å². The third-order valence-corrected chi connectivity index (χ3v) is 4.64. The minimum Gasteiger partial charge on any atom is -0.381 e. The van der Waals surface area contributed by atoms with Crippen LogP contribution in [0.15, 0.2) is 29.3 Å². The fourth-order valence-electron chi connectivity index (χ4n) is 3.09. The van der Waals surface area contributed by atoms with Gasteiger partial charge in [-0.2, -0.15) is 10.4 Å². The molecule has 1 aliphatic heterocycles. The molecule has 3 rings (SSSR count). The van der Waals surface area contributed by atoms with E-state index in [0.717, 1.165) is 44.0 Å². The van der Waals surface area contributed by atoms with Gasteiger partial charge in [0.1, 0.15) is 17.4 Å². The van der Waals surface area contributed by atoms with E-state index in [1.807, 2.05) is 0 Å². The Morgan fingerprint density at radius 1 is 1.25 bits per heavy atom. The quantitative estimate of drug-likeness (QED) is 0.250. The van der Waals surface area contributed by atoms with Gasteiger partial charge in [0.05, 0.1) is 5.69 Å². The van der Waals surface area contributed by atoms with Crippen LogP contribution in [0.2, 0.25) is 0 Å². The van der Waals surface area contributed by atoms with Crippen LogP contribution in [-0.2, 0) is 6.42 Å². The number of nitrogens with zero attached hydrogens (tertiary/aromatic N) is 5. The second kappa shape index (κ2) is 10.1. The van der Waals surface area contributed by atoms with Gasteiger partial charge in [0, 0.05) is 38.4 Å². The van der Waals surface area contributed by atoms with Crippen molar-refractivity contribution in [3.8, 4) is 6.07 Å². The maximum absolute atomic E-state index is 13.0. The van der Waals surface area contributed by atoms with Crippen molar-refractivity contribution in [2.45, 2.75) is 12.8 Å². The number of H-pyrrole nitrogens is 1. The number of aromatic amines is 1. The number of nitrogen functional groups attached to an aromatic ring is 1. The number of aryl methyl sites for hydroxylation is 1. The zero-order valence-electron chi connectivity index (χ0n) is 15.4. The average molecular weight is 498 g/mol. The summed E-state index contributed by atoms with van der Waals surface area (Å²) in [5, 5.41) is 15.7. The molecular formula is C18H24FIN8. The van der Waals surface area contributed by atoms with E-state index in [-0.39, 0.29) is 35.6 Å². The van der Waals surface area contributed by atoms with Crippen LogP contribution < -0.4 is 16.4 Å². The molecule has 0 bridgehead atoms. The maximum atomic E-state index is 13.0. The molecule has 8 nitrogen and oxygen atoms in total. The van der Waals surface area contributed by atoms with Gasteiger partial charge in [0.25, 0.3) is 0 Å². The molecule has 0 atom stereocenters. The Bertz CT molecular complexity index is 834. The number of hydrogen-bond acceptors (Lipinski definition) is 5. The van der Waals surface area contributed by atoms with Crippen molar-refractivity contribution in [2.24, 2.45) is 10.7 Å². The fourth-order valence-corrected chi connectivity index (χ4v) is 3.09. The van der Waals surface area contributed by atoms with Crippen molar-refractivity contribution in [3.63, 3.8) is 0 Å². The van der Waals surface area contributed by atoms with E-state index >= 15 is 0 Å². The molecule has 10 heteroatoms. The Hall–Kier alpha value is -2.55. The van der Waals surface area contributed by atoms with Crippen LogP contribution in [0.4, 0.5) is 15.9 Å². The highest BCUT2D eigenvalue weighted by atomic mass is 127. The van der Waals surface area contributed by atoms with E-state index in [9.17, 15) is 4.39 Å². The maximum Gasteiger partial charge on any atom is 0.191 e. The Morgan fingerprint density at radius 2 is 1.93 bits per heavy atom. The fraction of sp³-hybridized carbons (Fsp3) is 0.389. The number of anilines is 2. The molecule has 1 aliphatic rings. The van der Waals surface area contributed by atoms with Crippen LogP contribution in [0.1, 0.15) is 17.7 Å². The number of aliphatic imine (C=N–C) groups is 1. The summed E-state index contributed by atoms with van der Waals surface area (Å²) < 4.78 is 13.0. The highest BCUT2D eigenvalue weighted by molar-refractivity contribution is 14.0. The number of nitrogens with two attached hydrogens (primary N) is 2. The predicted octanol–water partition coefficient (Wildman–Crippen LogP) is 1.69. The summed E-state index contributed by atoms with van der Waals surface area (Å²) in [5.41, 5.74) is 13.9. The second-order valence-electron chi connectivity index (χ2n) is 6.37. The smallest absolute Gasteiger partial charge is 0.191 e. The van der Waals surface area contributed by atoms with Crippen molar-refractivity contribution in [3.05, 3.63) is 41.3 Å². The molecule has 1 saturated heterocycles. The monoisotopic (exact) mass is 498 g/mol. The van der Waals surface area contributed by atoms with E-state index in [0.29, 0.717) is 24.5 Å². The second-order valence-corrected chi connectivity index (χ2v) is 6.37. The van der Waals surface area contributed by atoms with Gasteiger partial charge in [-0.25, -0.2) is 4.39 Å². The molecule has 0 radical (unpaired) electrons. The predicted molar refractivity (Wildman–Crippen MR) is 118 cm³/mol. The van der Waals surface area contributed by atoms with Gasteiger partial charge >= 0.3 is 0 Å². The zero-order valence-corrected chi connectivity index (χ0v) is 17.8. The number of halogens is 2. The van der Waals surface area contributed by atoms with Crippen molar-refractivity contribution >= 4 is 41.4 Å². The molecule has 1 aromatic carbocycles. The summed E-state index contributed by atoms with van der Waals surface area (Å²) in [6, 6.07) is 8.59. The van der Waals surface area contributed by atoms with Gasteiger partial charge in [-0.15, -0.1) is 24.0 Å². The number of hydrogen-bond donors (Lipinski definition) is 3. The Kier molecular flexibility index (Phi) is 7.86. The van der Waals surface area contributed by atoms with Gasteiger partial charge in [-0.3, -0.25) is 10.1 Å². The van der Waals surface area contributed by atoms with Gasteiger partial charge in [-0.1, -0.05) is 0 Å². The molecule has 1 aromatic heterocycles. The van der Waals surface area contributed by atoms with Crippen molar-refractivity contribution in [2.75, 3.05) is 43.4 Å². The van der Waals surface area contributed by atoms with Crippen molar-refractivity contribution in [1.82, 2.24) is 15.1 Å². The van der Waals surface area contributed by atoms with E-state index in [1.165, 1.54) is 12.1 Å². The van der Waals surface area contributed by atoms with Crippen LogP contribution >= 0.6 is 24.0 Å². The van der Waals surface area contributed by atoms with Crippen molar-refractivity contribution < 1.29 is 4.39 Å². The molecule has 2 heterocycles. The number of rotatable bonds is 5. The lowest BCUT2D eigenvalue weighted by Crippen LogP contribution is -2.51. The third kappa shape index (κ3) is 5.25. The summed E-state index contributed by atoms with van der Waals surface area (Å²) in [6.07, 6.45) is 1.38. The minimum atomic E-state index is -0.228. The standard InChI is InChI=1S/C18H23FN8.HI/c19-13-3-5-14(6-4-13)26-8-10-27(11-9-26)18(22)23-7-1-2-16-15(12-20)17(21)25-24-16;/h3-6H,1-2,7-11H2,(H2,22,23)(H3,21,24,25);1H. The summed E-state index contributed by atoms with van der Waals surface area (Å²) in [6.45, 7) is 3.71. The number of guanidine groups is 1. The van der Waals surface area contributed by atoms with Crippen molar-refractivity contribution in [1.29, 1.82) is 5.26 Å². The first-order chi connectivity index (χ1) is 13.1. The first-order valence-corrected chi connectivity index (χ1v) is 8.86. The number of aromatic nitrogens is 2. The average Bonchev–Trinajstić information content (AvgIpc) is 3.05. The lowest BCUT2D eigenvalue weighted by molar-refractivity contribution is 0.380. The molecule has 0 saturated carbocycles.